The van der Waals surface area contributed by atoms with Crippen LogP contribution in [0.2, 0.25) is 25.7 Å². The number of para-hydroxylation sites is 1. The van der Waals surface area contributed by atoms with Gasteiger partial charge >= 0.3 is 0 Å². The zero-order chi connectivity index (χ0) is 31.8. The van der Waals surface area contributed by atoms with E-state index in [0.717, 1.165) is 6.20 Å². The van der Waals surface area contributed by atoms with Gasteiger partial charge in [-0.1, -0.05) is 25.7 Å². The van der Waals surface area contributed by atoms with Gasteiger partial charge in [0.1, 0.15) is 28.2 Å². The van der Waals surface area contributed by atoms with Crippen molar-refractivity contribution in [1.29, 1.82) is 0 Å². The van der Waals surface area contributed by atoms with E-state index in [1.807, 2.05) is 0 Å². The Morgan fingerprint density at radius 1 is 1.07 bits per heavy atom. The van der Waals surface area contributed by atoms with Gasteiger partial charge in [0, 0.05) is 28.1 Å². The summed E-state index contributed by atoms with van der Waals surface area (Å²) >= 11 is 0. The smallest absolute Gasteiger partial charge is 0.246 e. The number of benzene rings is 1. The minimum Gasteiger partial charge on any atom is -0.494 e. The lowest BCUT2D eigenvalue weighted by Crippen LogP contribution is -2.42. The van der Waals surface area contributed by atoms with Gasteiger partial charge in [-0.3, -0.25) is 9.55 Å². The Kier molecular flexibility index (Phi) is 8.53. The standard InChI is InChI=1S/C29H36FN7O5SSi/c1-19(16-21-25-26(20(30)17-31-21)35(2)18-32-25)43(38,39)36(13-15-44(5,6)7)29-34-33-28(24-12-9-14-42-24)37(29)27-22(40-3)10-8-11-23(27)41-4/h8-12,14,17-19H,13,15-16H2,1-7H3/t19-/m1/s1. The maximum absolute atomic E-state index is 14.6. The molecule has 0 spiro atoms. The van der Waals surface area contributed by atoms with Crippen molar-refractivity contribution in [2.75, 3.05) is 25.1 Å². The maximum atomic E-state index is 14.6. The lowest BCUT2D eigenvalue weighted by Gasteiger charge is -2.29. The molecule has 15 heteroatoms. The Bertz CT molecular complexity index is 1860. The fourth-order valence-corrected chi connectivity index (χ4v) is 7.51. The quantitative estimate of drug-likeness (QED) is 0.171. The molecule has 0 saturated heterocycles. The van der Waals surface area contributed by atoms with E-state index in [1.165, 1.54) is 31.1 Å². The van der Waals surface area contributed by atoms with Crippen molar-refractivity contribution >= 4 is 35.1 Å². The number of aromatic nitrogens is 6. The van der Waals surface area contributed by atoms with E-state index in [1.54, 1.807) is 53.4 Å². The number of nitrogens with zero attached hydrogens (tertiary/aromatic N) is 7. The average Bonchev–Trinajstić information content (AvgIpc) is 3.74. The summed E-state index contributed by atoms with van der Waals surface area (Å²) in [7, 11) is -1.16. The van der Waals surface area contributed by atoms with E-state index >= 15 is 0 Å². The fourth-order valence-electron chi connectivity index (χ4n) is 4.96. The van der Waals surface area contributed by atoms with E-state index in [-0.39, 0.29) is 30.3 Å². The van der Waals surface area contributed by atoms with Crippen molar-refractivity contribution in [1.82, 2.24) is 29.3 Å². The van der Waals surface area contributed by atoms with E-state index in [2.05, 4.69) is 39.8 Å². The summed E-state index contributed by atoms with van der Waals surface area (Å²) in [5.74, 6) is 1.01. The summed E-state index contributed by atoms with van der Waals surface area (Å²) < 4.78 is 65.3. The van der Waals surface area contributed by atoms with Crippen LogP contribution in [0.4, 0.5) is 10.3 Å². The Balaban J connectivity index is 1.68. The Morgan fingerprint density at radius 3 is 2.39 bits per heavy atom. The third-order valence-corrected chi connectivity index (χ3v) is 11.2. The first kappa shape index (κ1) is 31.2. The highest BCUT2D eigenvalue weighted by Crippen LogP contribution is 2.39. The van der Waals surface area contributed by atoms with E-state index in [0.29, 0.717) is 40.2 Å². The first-order chi connectivity index (χ1) is 20.9. The molecule has 0 aliphatic heterocycles. The normalized spacial score (nSPS) is 12.9. The van der Waals surface area contributed by atoms with Gasteiger partial charge in [-0.15, -0.1) is 10.2 Å². The van der Waals surface area contributed by atoms with Gasteiger partial charge in [-0.25, -0.2) is 22.1 Å². The molecule has 0 N–H and O–H groups in total. The van der Waals surface area contributed by atoms with Crippen LogP contribution in [0.3, 0.4) is 0 Å². The number of imidazole rings is 1. The minimum absolute atomic E-state index is 0.00324. The third kappa shape index (κ3) is 5.80. The predicted molar refractivity (Wildman–Crippen MR) is 168 cm³/mol. The summed E-state index contributed by atoms with van der Waals surface area (Å²) in [5.41, 5.74) is 1.39. The summed E-state index contributed by atoms with van der Waals surface area (Å²) in [4.78, 5) is 8.54. The number of fused-ring (bicyclic) bond motifs is 1. The van der Waals surface area contributed by atoms with Crippen LogP contribution < -0.4 is 13.8 Å². The number of pyridine rings is 1. The number of halogens is 1. The number of hydrogen-bond donors (Lipinski definition) is 0. The van der Waals surface area contributed by atoms with Crippen LogP contribution in [0, 0.1) is 5.82 Å². The second-order valence-electron chi connectivity index (χ2n) is 11.7. The van der Waals surface area contributed by atoms with Crippen LogP contribution in [0.5, 0.6) is 11.5 Å². The van der Waals surface area contributed by atoms with Crippen molar-refractivity contribution < 1.29 is 26.7 Å². The fraction of sp³-hybridized carbons (Fsp3) is 0.379. The molecular weight excluding hydrogens is 606 g/mol. The first-order valence-electron chi connectivity index (χ1n) is 14.0. The van der Waals surface area contributed by atoms with Crippen molar-refractivity contribution in [3.63, 3.8) is 0 Å². The van der Waals surface area contributed by atoms with Gasteiger partial charge in [0.25, 0.3) is 0 Å². The lowest BCUT2D eigenvalue weighted by atomic mass is 10.2. The van der Waals surface area contributed by atoms with Crippen LogP contribution >= 0.6 is 0 Å². The number of hydrogen-bond acceptors (Lipinski definition) is 9. The van der Waals surface area contributed by atoms with Crippen LogP contribution in [-0.2, 0) is 23.5 Å². The summed E-state index contributed by atoms with van der Waals surface area (Å²) in [6.45, 7) is 8.28. The molecule has 12 nitrogen and oxygen atoms in total. The average molecular weight is 642 g/mol. The van der Waals surface area contributed by atoms with E-state index < -0.39 is 29.2 Å². The molecule has 0 unspecified atom stereocenters. The number of anilines is 1. The zero-order valence-electron chi connectivity index (χ0n) is 25.8. The summed E-state index contributed by atoms with van der Waals surface area (Å²) in [6.07, 6.45) is 4.08. The number of aryl methyl sites for hydroxylation is 1. The van der Waals surface area contributed by atoms with Crippen molar-refractivity contribution in [2.45, 2.75) is 44.3 Å². The molecule has 0 bridgehead atoms. The maximum Gasteiger partial charge on any atom is 0.246 e. The molecule has 1 aromatic carbocycles. The molecule has 0 radical (unpaired) electrons. The van der Waals surface area contributed by atoms with Gasteiger partial charge in [-0.05, 0) is 37.2 Å². The highest BCUT2D eigenvalue weighted by atomic mass is 32.2. The Labute approximate surface area is 256 Å². The molecule has 0 aliphatic carbocycles. The molecule has 0 saturated carbocycles. The van der Waals surface area contributed by atoms with E-state index in [9.17, 15) is 12.8 Å². The number of ether oxygens (including phenoxy) is 2. The molecule has 1 atom stereocenters. The number of furan rings is 1. The third-order valence-electron chi connectivity index (χ3n) is 7.37. The van der Waals surface area contributed by atoms with Crippen LogP contribution in [0.1, 0.15) is 12.6 Å². The molecule has 0 amide bonds. The predicted octanol–water partition coefficient (Wildman–Crippen LogP) is 5.07. The molecule has 234 valence electrons. The van der Waals surface area contributed by atoms with Crippen LogP contribution in [0.25, 0.3) is 28.3 Å². The molecule has 0 aliphatic rings. The van der Waals surface area contributed by atoms with Gasteiger partial charge in [0.2, 0.25) is 21.8 Å². The molecular formula is C29H36FN7O5SSi. The first-order valence-corrected chi connectivity index (χ1v) is 19.2. The van der Waals surface area contributed by atoms with Crippen LogP contribution in [-0.4, -0.2) is 71.8 Å². The van der Waals surface area contributed by atoms with Crippen LogP contribution in [0.15, 0.2) is 53.5 Å². The SMILES string of the molecule is COc1cccc(OC)c1-n1c(-c2ccco2)nnc1N(CC[Si](C)(C)C)S(=O)(=O)[C@H](C)Cc1ncc(F)c2c1ncn2C. The van der Waals surface area contributed by atoms with Gasteiger partial charge < -0.3 is 18.5 Å². The molecule has 5 aromatic rings. The summed E-state index contributed by atoms with van der Waals surface area (Å²) in [6, 6.07) is 9.33. The lowest BCUT2D eigenvalue weighted by molar-refractivity contribution is 0.391. The number of sulfonamides is 1. The van der Waals surface area contributed by atoms with Crippen molar-refractivity contribution in [3.8, 4) is 28.8 Å². The molecule has 0 fully saturated rings. The highest BCUT2D eigenvalue weighted by molar-refractivity contribution is 7.93. The Hall–Kier alpha value is -4.24. The van der Waals surface area contributed by atoms with Gasteiger partial charge in [0.15, 0.2) is 11.6 Å². The van der Waals surface area contributed by atoms with Crippen molar-refractivity contribution in [2.24, 2.45) is 7.05 Å². The molecule has 5 rings (SSSR count). The topological polar surface area (TPSA) is 130 Å². The van der Waals surface area contributed by atoms with Gasteiger partial charge in [0.05, 0.1) is 44.0 Å². The monoisotopic (exact) mass is 641 g/mol. The molecule has 4 aromatic heterocycles. The Morgan fingerprint density at radius 2 is 1.77 bits per heavy atom. The molecule has 44 heavy (non-hydrogen) atoms. The second-order valence-corrected chi connectivity index (χ2v) is 19.6. The summed E-state index contributed by atoms with van der Waals surface area (Å²) in [5, 5.41) is 7.87. The number of rotatable bonds is 12. The minimum atomic E-state index is -4.12. The second kappa shape index (κ2) is 12.0. The number of methoxy groups -OCH3 is 2. The molecule has 4 heterocycles. The highest BCUT2D eigenvalue weighted by Gasteiger charge is 2.37. The van der Waals surface area contributed by atoms with Gasteiger partial charge in [-0.2, -0.15) is 0 Å². The zero-order valence-corrected chi connectivity index (χ0v) is 27.6. The largest absolute Gasteiger partial charge is 0.494 e. The van der Waals surface area contributed by atoms with E-state index in [4.69, 9.17) is 13.9 Å². The van der Waals surface area contributed by atoms with Crippen molar-refractivity contribution in [3.05, 3.63) is 60.6 Å².